The van der Waals surface area contributed by atoms with E-state index in [1.807, 2.05) is 30.8 Å². The normalized spacial score (nSPS) is 11.2. The van der Waals surface area contributed by atoms with E-state index in [-0.39, 0.29) is 0 Å². The number of nitrogens with one attached hydrogen (secondary N) is 1. The van der Waals surface area contributed by atoms with Crippen molar-refractivity contribution in [3.05, 3.63) is 35.6 Å². The summed E-state index contributed by atoms with van der Waals surface area (Å²) in [6, 6.07) is 8.24. The molecular weight excluding hydrogens is 230 g/mol. The fraction of sp³-hybridized carbons (Fsp3) is 0.429. The maximum Gasteiger partial charge on any atom is 0.134 e. The number of rotatable bonds is 6. The van der Waals surface area contributed by atoms with E-state index in [4.69, 9.17) is 4.42 Å². The Morgan fingerprint density at radius 1 is 1.29 bits per heavy atom. The molecule has 3 heteroatoms. The highest BCUT2D eigenvalue weighted by Crippen LogP contribution is 2.24. The van der Waals surface area contributed by atoms with E-state index < -0.39 is 0 Å². The van der Waals surface area contributed by atoms with Crippen molar-refractivity contribution in [3.63, 3.8) is 0 Å². The molecule has 0 amide bonds. The average Bonchev–Trinajstić information content (AvgIpc) is 2.65. The molecule has 0 aliphatic rings. The van der Waals surface area contributed by atoms with Crippen molar-refractivity contribution in [2.45, 2.75) is 19.9 Å². The Morgan fingerprint density at radius 2 is 2.12 bits per heavy atom. The number of furan rings is 1. The van der Waals surface area contributed by atoms with Gasteiger partial charge in [0.25, 0.3) is 0 Å². The van der Waals surface area contributed by atoms with Crippen LogP contribution in [0.4, 0.5) is 0 Å². The highest BCUT2D eigenvalue weighted by molar-refractivity contribution is 7.98. The second-order valence-corrected chi connectivity index (χ2v) is 5.14. The fourth-order valence-corrected chi connectivity index (χ4v) is 2.43. The van der Waals surface area contributed by atoms with Crippen LogP contribution >= 0.6 is 11.8 Å². The van der Waals surface area contributed by atoms with Gasteiger partial charge >= 0.3 is 0 Å². The average molecular weight is 249 g/mol. The van der Waals surface area contributed by atoms with Gasteiger partial charge in [0.05, 0.1) is 0 Å². The third-order valence-electron chi connectivity index (χ3n) is 2.90. The van der Waals surface area contributed by atoms with Crippen LogP contribution in [0.1, 0.15) is 17.7 Å². The minimum atomic E-state index is 0.900. The van der Waals surface area contributed by atoms with Gasteiger partial charge in [-0.15, -0.1) is 0 Å². The van der Waals surface area contributed by atoms with Crippen LogP contribution in [0, 0.1) is 6.92 Å². The van der Waals surface area contributed by atoms with E-state index in [9.17, 15) is 0 Å². The molecule has 1 aromatic carbocycles. The molecule has 0 unspecified atom stereocenters. The van der Waals surface area contributed by atoms with Crippen molar-refractivity contribution in [3.8, 4) is 0 Å². The van der Waals surface area contributed by atoms with Gasteiger partial charge in [-0.25, -0.2) is 0 Å². The van der Waals surface area contributed by atoms with Crippen LogP contribution in [0.25, 0.3) is 11.0 Å². The molecule has 0 aliphatic heterocycles. The Morgan fingerprint density at radius 3 is 2.94 bits per heavy atom. The van der Waals surface area contributed by atoms with Crippen molar-refractivity contribution < 1.29 is 4.42 Å². The highest BCUT2D eigenvalue weighted by atomic mass is 32.2. The molecule has 2 nitrogen and oxygen atoms in total. The smallest absolute Gasteiger partial charge is 0.134 e. The molecule has 0 atom stereocenters. The van der Waals surface area contributed by atoms with Crippen molar-refractivity contribution in [2.24, 2.45) is 0 Å². The Bertz CT molecular complexity index is 478. The number of aryl methyl sites for hydroxylation is 1. The zero-order chi connectivity index (χ0) is 12.1. The standard InChI is InChI=1S/C14H19NOS/c1-11-13(10-15-8-5-9-17-2)12-6-3-4-7-14(12)16-11/h3-4,6-7,15H,5,8-10H2,1-2H3. The summed E-state index contributed by atoms with van der Waals surface area (Å²) in [5.41, 5.74) is 2.29. The number of para-hydroxylation sites is 1. The van der Waals surface area contributed by atoms with Crippen LogP contribution in [0.3, 0.4) is 0 Å². The topological polar surface area (TPSA) is 25.2 Å². The van der Waals surface area contributed by atoms with E-state index in [2.05, 4.69) is 23.7 Å². The van der Waals surface area contributed by atoms with Crippen molar-refractivity contribution in [1.82, 2.24) is 5.32 Å². The molecule has 0 saturated heterocycles. The summed E-state index contributed by atoms with van der Waals surface area (Å²) in [4.78, 5) is 0. The lowest BCUT2D eigenvalue weighted by Gasteiger charge is -2.03. The number of thioether (sulfide) groups is 1. The van der Waals surface area contributed by atoms with Crippen LogP contribution in [-0.2, 0) is 6.54 Å². The van der Waals surface area contributed by atoms with Crippen molar-refractivity contribution in [1.29, 1.82) is 0 Å². The molecule has 2 aromatic rings. The summed E-state index contributed by atoms with van der Waals surface area (Å²) in [5, 5.41) is 4.72. The van der Waals surface area contributed by atoms with E-state index in [0.29, 0.717) is 0 Å². The van der Waals surface area contributed by atoms with E-state index >= 15 is 0 Å². The maximum absolute atomic E-state index is 5.73. The van der Waals surface area contributed by atoms with Crippen LogP contribution in [-0.4, -0.2) is 18.6 Å². The van der Waals surface area contributed by atoms with E-state index in [1.54, 1.807) is 0 Å². The molecular formula is C14H19NOS. The third-order valence-corrected chi connectivity index (χ3v) is 3.60. The molecule has 0 spiro atoms. The molecule has 1 aromatic heterocycles. The van der Waals surface area contributed by atoms with Gasteiger partial charge < -0.3 is 9.73 Å². The highest BCUT2D eigenvalue weighted by Gasteiger charge is 2.09. The predicted octanol–water partition coefficient (Wildman–Crippen LogP) is 3.58. The Labute approximate surface area is 107 Å². The lowest BCUT2D eigenvalue weighted by Crippen LogP contribution is -2.15. The van der Waals surface area contributed by atoms with Crippen molar-refractivity contribution in [2.75, 3.05) is 18.6 Å². The number of hydrogen-bond donors (Lipinski definition) is 1. The van der Waals surface area contributed by atoms with Gasteiger partial charge in [-0.05, 0) is 38.0 Å². The third kappa shape index (κ3) is 3.05. The first kappa shape index (κ1) is 12.5. The predicted molar refractivity (Wildman–Crippen MR) is 75.7 cm³/mol. The molecule has 0 radical (unpaired) electrons. The lowest BCUT2D eigenvalue weighted by atomic mass is 10.1. The zero-order valence-corrected chi connectivity index (χ0v) is 11.3. The quantitative estimate of drug-likeness (QED) is 0.792. The molecule has 0 fully saturated rings. The Kier molecular flexibility index (Phi) is 4.51. The minimum Gasteiger partial charge on any atom is -0.461 e. The molecule has 17 heavy (non-hydrogen) atoms. The fourth-order valence-electron chi connectivity index (χ4n) is 2.00. The van der Waals surface area contributed by atoms with Crippen LogP contribution < -0.4 is 5.32 Å². The second kappa shape index (κ2) is 6.12. The number of fused-ring (bicyclic) bond motifs is 1. The van der Waals surface area contributed by atoms with Crippen LogP contribution in [0.15, 0.2) is 28.7 Å². The Balaban J connectivity index is 2.00. The zero-order valence-electron chi connectivity index (χ0n) is 10.5. The van der Waals surface area contributed by atoms with Crippen LogP contribution in [0.2, 0.25) is 0 Å². The van der Waals surface area contributed by atoms with Gasteiger partial charge in [0, 0.05) is 17.5 Å². The molecule has 1 heterocycles. The maximum atomic E-state index is 5.73. The number of benzene rings is 1. The first-order valence-corrected chi connectivity index (χ1v) is 7.39. The molecule has 2 rings (SSSR count). The second-order valence-electron chi connectivity index (χ2n) is 4.16. The number of hydrogen-bond acceptors (Lipinski definition) is 3. The first-order valence-electron chi connectivity index (χ1n) is 5.99. The minimum absolute atomic E-state index is 0.900. The largest absolute Gasteiger partial charge is 0.461 e. The molecule has 0 aliphatic carbocycles. The van der Waals surface area contributed by atoms with Crippen molar-refractivity contribution >= 4 is 22.7 Å². The summed E-state index contributed by atoms with van der Waals surface area (Å²) >= 11 is 1.90. The summed E-state index contributed by atoms with van der Waals surface area (Å²) in [6.07, 6.45) is 3.36. The summed E-state index contributed by atoms with van der Waals surface area (Å²) < 4.78 is 5.73. The van der Waals surface area contributed by atoms with E-state index in [0.717, 1.165) is 24.4 Å². The van der Waals surface area contributed by atoms with Gasteiger partial charge in [-0.2, -0.15) is 11.8 Å². The Hall–Kier alpha value is -0.930. The van der Waals surface area contributed by atoms with Gasteiger partial charge in [0.15, 0.2) is 0 Å². The van der Waals surface area contributed by atoms with E-state index in [1.165, 1.54) is 23.1 Å². The summed E-state index contributed by atoms with van der Waals surface area (Å²) in [7, 11) is 0. The van der Waals surface area contributed by atoms with Gasteiger partial charge in [-0.1, -0.05) is 18.2 Å². The first-order chi connectivity index (χ1) is 8.33. The summed E-state index contributed by atoms with van der Waals surface area (Å²) in [5.74, 6) is 2.25. The van der Waals surface area contributed by atoms with Crippen LogP contribution in [0.5, 0.6) is 0 Å². The molecule has 92 valence electrons. The molecule has 0 saturated carbocycles. The lowest BCUT2D eigenvalue weighted by molar-refractivity contribution is 0.565. The monoisotopic (exact) mass is 249 g/mol. The molecule has 1 N–H and O–H groups in total. The molecule has 0 bridgehead atoms. The SMILES string of the molecule is CSCCCNCc1c(C)oc2ccccc12. The van der Waals surface area contributed by atoms with Gasteiger partial charge in [0.2, 0.25) is 0 Å². The van der Waals surface area contributed by atoms with Gasteiger partial charge in [-0.3, -0.25) is 0 Å². The van der Waals surface area contributed by atoms with Gasteiger partial charge in [0.1, 0.15) is 11.3 Å². The summed E-state index contributed by atoms with van der Waals surface area (Å²) in [6.45, 7) is 4.01.